The van der Waals surface area contributed by atoms with Gasteiger partial charge in [0.1, 0.15) is 5.75 Å². The lowest BCUT2D eigenvalue weighted by atomic mass is 9.94. The number of hydrogen-bond donors (Lipinski definition) is 1. The molecule has 0 radical (unpaired) electrons. The fraction of sp³-hybridized carbons (Fsp3) is 0.625. The van der Waals surface area contributed by atoms with Gasteiger partial charge in [0.05, 0.1) is 18.8 Å². The Morgan fingerprint density at radius 3 is 2.95 bits per heavy atom. The number of nitrogens with two attached hydrogens (primary N) is 1. The number of para-hydroxylation sites is 1. The zero-order chi connectivity index (χ0) is 13.7. The van der Waals surface area contributed by atoms with Gasteiger partial charge in [-0.25, -0.2) is 0 Å². The first-order valence-corrected chi connectivity index (χ1v) is 7.39. The first kappa shape index (κ1) is 14.4. The molecule has 1 aliphatic heterocycles. The van der Waals surface area contributed by atoms with Gasteiger partial charge in [0.2, 0.25) is 0 Å². The monoisotopic (exact) mass is 263 g/mol. The van der Waals surface area contributed by atoms with Crippen molar-refractivity contribution in [2.45, 2.75) is 51.7 Å². The molecule has 0 aromatic heterocycles. The second-order valence-electron chi connectivity index (χ2n) is 5.10. The molecule has 2 rings (SSSR count). The minimum absolute atomic E-state index is 0.0760. The highest BCUT2D eigenvalue weighted by Gasteiger charge is 2.24. The van der Waals surface area contributed by atoms with Gasteiger partial charge in [-0.05, 0) is 31.7 Å². The first-order chi connectivity index (χ1) is 9.27. The zero-order valence-electron chi connectivity index (χ0n) is 12.0. The van der Waals surface area contributed by atoms with Gasteiger partial charge in [-0.3, -0.25) is 0 Å². The number of fused-ring (bicyclic) bond motifs is 1. The molecule has 0 saturated carbocycles. The molecule has 1 aliphatic rings. The Labute approximate surface area is 116 Å². The molecule has 3 nitrogen and oxygen atoms in total. The van der Waals surface area contributed by atoms with Crippen LogP contribution in [-0.4, -0.2) is 19.3 Å². The summed E-state index contributed by atoms with van der Waals surface area (Å²) in [5.74, 6) is 1.00. The molecule has 2 atom stereocenters. The number of aryl methyl sites for hydroxylation is 1. The van der Waals surface area contributed by atoms with Crippen LogP contribution >= 0.6 is 0 Å². The smallest absolute Gasteiger partial charge is 0.127 e. The van der Waals surface area contributed by atoms with Crippen LogP contribution in [0.3, 0.4) is 0 Å². The van der Waals surface area contributed by atoms with Gasteiger partial charge >= 0.3 is 0 Å². The lowest BCUT2D eigenvalue weighted by Gasteiger charge is -2.28. The standard InChI is InChI=1S/C16H25NO2/c1-3-7-14(18-4-2)15(17)13-10-5-8-12-9-6-11-19-16(12)13/h5,8,10,14-15H,3-4,6-7,9,11,17H2,1-2H3. The molecule has 2 unspecified atom stereocenters. The van der Waals surface area contributed by atoms with Crippen molar-refractivity contribution in [3.8, 4) is 5.75 Å². The van der Waals surface area contributed by atoms with Crippen molar-refractivity contribution in [2.75, 3.05) is 13.2 Å². The molecule has 2 N–H and O–H groups in total. The molecule has 0 spiro atoms. The topological polar surface area (TPSA) is 44.5 Å². The molecule has 106 valence electrons. The lowest BCUT2D eigenvalue weighted by Crippen LogP contribution is -2.30. The van der Waals surface area contributed by atoms with Gasteiger partial charge in [-0.1, -0.05) is 31.5 Å². The molecule has 3 heteroatoms. The van der Waals surface area contributed by atoms with Crippen LogP contribution in [-0.2, 0) is 11.2 Å². The van der Waals surface area contributed by atoms with Gasteiger partial charge < -0.3 is 15.2 Å². The van der Waals surface area contributed by atoms with Crippen molar-refractivity contribution in [3.63, 3.8) is 0 Å². The average molecular weight is 263 g/mol. The molecule has 19 heavy (non-hydrogen) atoms. The number of rotatable bonds is 6. The maximum Gasteiger partial charge on any atom is 0.127 e. The minimum atomic E-state index is -0.104. The third-order valence-corrected chi connectivity index (χ3v) is 3.68. The van der Waals surface area contributed by atoms with E-state index in [0.717, 1.165) is 43.6 Å². The van der Waals surface area contributed by atoms with Gasteiger partial charge in [-0.2, -0.15) is 0 Å². The fourth-order valence-electron chi connectivity index (χ4n) is 2.74. The number of hydrogen-bond acceptors (Lipinski definition) is 3. The van der Waals surface area contributed by atoms with E-state index in [9.17, 15) is 0 Å². The summed E-state index contributed by atoms with van der Waals surface area (Å²) in [6.07, 6.45) is 4.32. The summed E-state index contributed by atoms with van der Waals surface area (Å²) in [6, 6.07) is 6.20. The summed E-state index contributed by atoms with van der Waals surface area (Å²) in [4.78, 5) is 0. The quantitative estimate of drug-likeness (QED) is 0.857. The van der Waals surface area contributed by atoms with Crippen molar-refractivity contribution in [3.05, 3.63) is 29.3 Å². The van der Waals surface area contributed by atoms with Crippen LogP contribution in [0.15, 0.2) is 18.2 Å². The van der Waals surface area contributed by atoms with Gasteiger partial charge in [0.25, 0.3) is 0 Å². The number of ether oxygens (including phenoxy) is 2. The Balaban J connectivity index is 2.24. The maximum atomic E-state index is 6.43. The average Bonchev–Trinajstić information content (AvgIpc) is 2.46. The molecule has 1 heterocycles. The Bertz CT molecular complexity index is 400. The van der Waals surface area contributed by atoms with Gasteiger partial charge in [0.15, 0.2) is 0 Å². The maximum absolute atomic E-state index is 6.43. The Morgan fingerprint density at radius 2 is 2.21 bits per heavy atom. The van der Waals surface area contributed by atoms with E-state index in [2.05, 4.69) is 25.1 Å². The van der Waals surface area contributed by atoms with E-state index in [1.54, 1.807) is 0 Å². The SMILES string of the molecule is CCCC(OCC)C(N)c1cccc2c1OCCC2. The third kappa shape index (κ3) is 3.28. The normalized spacial score (nSPS) is 17.4. The highest BCUT2D eigenvalue weighted by molar-refractivity contribution is 5.44. The lowest BCUT2D eigenvalue weighted by molar-refractivity contribution is 0.0366. The predicted octanol–water partition coefficient (Wildman–Crippen LogP) is 3.22. The molecule has 0 bridgehead atoms. The highest BCUT2D eigenvalue weighted by Crippen LogP contribution is 2.34. The molecule has 0 aliphatic carbocycles. The van der Waals surface area contributed by atoms with Crippen LogP contribution in [0.2, 0.25) is 0 Å². The van der Waals surface area contributed by atoms with Crippen LogP contribution in [0, 0.1) is 0 Å². The first-order valence-electron chi connectivity index (χ1n) is 7.39. The summed E-state index contributed by atoms with van der Waals surface area (Å²) in [5, 5.41) is 0. The van der Waals surface area contributed by atoms with Crippen molar-refractivity contribution in [1.82, 2.24) is 0 Å². The fourth-order valence-corrected chi connectivity index (χ4v) is 2.74. The Kier molecular flexibility index (Phi) is 5.23. The Hall–Kier alpha value is -1.06. The van der Waals surface area contributed by atoms with Crippen LogP contribution in [0.25, 0.3) is 0 Å². The second kappa shape index (κ2) is 6.92. The summed E-state index contributed by atoms with van der Waals surface area (Å²) in [6.45, 7) is 5.68. The van der Waals surface area contributed by atoms with Crippen LogP contribution in [0.5, 0.6) is 5.75 Å². The van der Waals surface area contributed by atoms with Gasteiger partial charge in [-0.15, -0.1) is 0 Å². The molecule has 0 amide bonds. The molecular weight excluding hydrogens is 238 g/mol. The molecule has 0 saturated heterocycles. The van der Waals surface area contributed by atoms with E-state index < -0.39 is 0 Å². The summed E-state index contributed by atoms with van der Waals surface area (Å²) in [7, 11) is 0. The zero-order valence-corrected chi connectivity index (χ0v) is 12.0. The van der Waals surface area contributed by atoms with Crippen LogP contribution < -0.4 is 10.5 Å². The minimum Gasteiger partial charge on any atom is -0.493 e. The van der Waals surface area contributed by atoms with Gasteiger partial charge in [0, 0.05) is 12.2 Å². The molecule has 0 fully saturated rings. The predicted molar refractivity (Wildman–Crippen MR) is 77.5 cm³/mol. The largest absolute Gasteiger partial charge is 0.493 e. The van der Waals surface area contributed by atoms with Crippen molar-refractivity contribution < 1.29 is 9.47 Å². The van der Waals surface area contributed by atoms with E-state index in [0.29, 0.717) is 6.61 Å². The summed E-state index contributed by atoms with van der Waals surface area (Å²) >= 11 is 0. The van der Waals surface area contributed by atoms with E-state index in [4.69, 9.17) is 15.2 Å². The van der Waals surface area contributed by atoms with Crippen LogP contribution in [0.4, 0.5) is 0 Å². The van der Waals surface area contributed by atoms with Crippen molar-refractivity contribution in [1.29, 1.82) is 0 Å². The molecule has 1 aromatic rings. The number of benzene rings is 1. The van der Waals surface area contributed by atoms with Crippen molar-refractivity contribution in [2.24, 2.45) is 5.73 Å². The van der Waals surface area contributed by atoms with E-state index in [1.807, 2.05) is 6.92 Å². The Morgan fingerprint density at radius 1 is 1.37 bits per heavy atom. The van der Waals surface area contributed by atoms with E-state index in [-0.39, 0.29) is 12.1 Å². The summed E-state index contributed by atoms with van der Waals surface area (Å²) < 4.78 is 11.7. The van der Waals surface area contributed by atoms with Crippen LogP contribution in [0.1, 0.15) is 50.3 Å². The molecule has 1 aromatic carbocycles. The summed E-state index contributed by atoms with van der Waals surface area (Å²) in [5.41, 5.74) is 8.81. The third-order valence-electron chi connectivity index (χ3n) is 3.68. The van der Waals surface area contributed by atoms with E-state index >= 15 is 0 Å². The second-order valence-corrected chi connectivity index (χ2v) is 5.10. The highest BCUT2D eigenvalue weighted by atomic mass is 16.5. The molecular formula is C16H25NO2. The van der Waals surface area contributed by atoms with E-state index in [1.165, 1.54) is 5.56 Å². The van der Waals surface area contributed by atoms with Crippen molar-refractivity contribution >= 4 is 0 Å².